The molecule has 0 aliphatic carbocycles. The first kappa shape index (κ1) is 13.4. The summed E-state index contributed by atoms with van der Waals surface area (Å²) in [6.45, 7) is 5.36. The maximum atomic E-state index is 11.1. The minimum Gasteiger partial charge on any atom is -0.486 e. The van der Waals surface area contributed by atoms with Crippen LogP contribution >= 0.6 is 0 Å². The Hall–Kier alpha value is -1.55. The Balaban J connectivity index is 1.77. The zero-order valence-corrected chi connectivity index (χ0v) is 12.1. The molecule has 2 unspecified atom stereocenters. The monoisotopic (exact) mass is 275 g/mol. The second kappa shape index (κ2) is 4.77. The van der Waals surface area contributed by atoms with Gasteiger partial charge in [0.1, 0.15) is 17.4 Å². The van der Waals surface area contributed by atoms with Gasteiger partial charge >= 0.3 is 5.97 Å². The predicted molar refractivity (Wildman–Crippen MR) is 76.1 cm³/mol. The van der Waals surface area contributed by atoms with E-state index >= 15 is 0 Å². The van der Waals surface area contributed by atoms with E-state index in [1.165, 1.54) is 11.1 Å². The molecule has 0 saturated carbocycles. The van der Waals surface area contributed by atoms with Gasteiger partial charge in [-0.15, -0.1) is 0 Å². The van der Waals surface area contributed by atoms with Crippen LogP contribution in [0.1, 0.15) is 30.9 Å². The number of fused-ring (bicyclic) bond motifs is 1. The van der Waals surface area contributed by atoms with Crippen LogP contribution in [-0.4, -0.2) is 40.7 Å². The van der Waals surface area contributed by atoms with E-state index < -0.39 is 12.0 Å². The lowest BCUT2D eigenvalue weighted by Crippen LogP contribution is -2.45. The molecular weight excluding hydrogens is 254 g/mol. The van der Waals surface area contributed by atoms with Crippen molar-refractivity contribution in [1.29, 1.82) is 0 Å². The van der Waals surface area contributed by atoms with Gasteiger partial charge in [0, 0.05) is 19.5 Å². The minimum absolute atomic E-state index is 0.189. The van der Waals surface area contributed by atoms with Gasteiger partial charge in [-0.3, -0.25) is 9.69 Å². The SMILES string of the molecule is Cc1ccc2c(c1)CCC1(CCN(C(C)C(=O)O)C1)O2. The van der Waals surface area contributed by atoms with Crippen molar-refractivity contribution >= 4 is 5.97 Å². The predicted octanol–water partition coefficient (Wildman–Crippen LogP) is 2.24. The molecule has 0 aromatic heterocycles. The van der Waals surface area contributed by atoms with Gasteiger partial charge < -0.3 is 9.84 Å². The van der Waals surface area contributed by atoms with Crippen LogP contribution < -0.4 is 4.74 Å². The maximum Gasteiger partial charge on any atom is 0.320 e. The molecule has 1 fully saturated rings. The molecule has 108 valence electrons. The van der Waals surface area contributed by atoms with Gasteiger partial charge in [-0.2, -0.15) is 0 Å². The highest BCUT2D eigenvalue weighted by Crippen LogP contribution is 2.39. The van der Waals surface area contributed by atoms with Crippen molar-refractivity contribution in [3.8, 4) is 5.75 Å². The van der Waals surface area contributed by atoms with E-state index in [2.05, 4.69) is 25.1 Å². The third-order valence-corrected chi connectivity index (χ3v) is 4.64. The Kier molecular flexibility index (Phi) is 3.21. The third kappa shape index (κ3) is 2.29. The highest BCUT2D eigenvalue weighted by Gasteiger charge is 2.44. The second-order valence-electron chi connectivity index (χ2n) is 6.13. The molecule has 4 heteroatoms. The van der Waals surface area contributed by atoms with Gasteiger partial charge in [0.05, 0.1) is 0 Å². The lowest BCUT2D eigenvalue weighted by atomic mass is 9.89. The van der Waals surface area contributed by atoms with E-state index in [-0.39, 0.29) is 5.60 Å². The number of aliphatic carboxylic acids is 1. The molecule has 2 aliphatic heterocycles. The summed E-state index contributed by atoms with van der Waals surface area (Å²) in [6, 6.07) is 5.88. The molecule has 0 amide bonds. The summed E-state index contributed by atoms with van der Waals surface area (Å²) in [5, 5.41) is 9.14. The number of carboxylic acids is 1. The molecule has 1 spiro atoms. The van der Waals surface area contributed by atoms with Crippen LogP contribution in [0.3, 0.4) is 0 Å². The van der Waals surface area contributed by atoms with E-state index in [0.29, 0.717) is 6.54 Å². The number of aryl methyl sites for hydroxylation is 2. The zero-order chi connectivity index (χ0) is 14.3. The lowest BCUT2D eigenvalue weighted by molar-refractivity contribution is -0.142. The van der Waals surface area contributed by atoms with Crippen molar-refractivity contribution in [2.75, 3.05) is 13.1 Å². The number of hydrogen-bond donors (Lipinski definition) is 1. The summed E-state index contributed by atoms with van der Waals surface area (Å²) in [5.41, 5.74) is 2.35. The molecule has 1 N–H and O–H groups in total. The first-order chi connectivity index (χ1) is 9.49. The van der Waals surface area contributed by atoms with Crippen LogP contribution in [0, 0.1) is 6.92 Å². The quantitative estimate of drug-likeness (QED) is 0.899. The van der Waals surface area contributed by atoms with E-state index in [0.717, 1.165) is 31.6 Å². The van der Waals surface area contributed by atoms with Gasteiger partial charge in [0.15, 0.2) is 0 Å². The fourth-order valence-electron chi connectivity index (χ4n) is 3.30. The number of hydrogen-bond acceptors (Lipinski definition) is 3. The Bertz CT molecular complexity index is 543. The van der Waals surface area contributed by atoms with Crippen molar-refractivity contribution in [3.63, 3.8) is 0 Å². The van der Waals surface area contributed by atoms with Crippen LogP contribution in [0.25, 0.3) is 0 Å². The molecule has 2 heterocycles. The molecule has 3 rings (SSSR count). The summed E-state index contributed by atoms with van der Waals surface area (Å²) in [7, 11) is 0. The number of benzene rings is 1. The number of ether oxygens (including phenoxy) is 1. The lowest BCUT2D eigenvalue weighted by Gasteiger charge is -2.36. The summed E-state index contributed by atoms with van der Waals surface area (Å²) in [6.07, 6.45) is 2.91. The molecule has 1 saturated heterocycles. The molecular formula is C16H21NO3. The van der Waals surface area contributed by atoms with Crippen molar-refractivity contribution in [2.24, 2.45) is 0 Å². The van der Waals surface area contributed by atoms with Gasteiger partial charge in [-0.1, -0.05) is 17.7 Å². The molecule has 20 heavy (non-hydrogen) atoms. The van der Waals surface area contributed by atoms with Gasteiger partial charge in [0.25, 0.3) is 0 Å². The number of likely N-dealkylation sites (tertiary alicyclic amines) is 1. The summed E-state index contributed by atoms with van der Waals surface area (Å²) >= 11 is 0. The normalized spacial score (nSPS) is 27.1. The van der Waals surface area contributed by atoms with E-state index in [1.54, 1.807) is 6.92 Å². The van der Waals surface area contributed by atoms with Crippen LogP contribution in [0.15, 0.2) is 18.2 Å². The second-order valence-corrected chi connectivity index (χ2v) is 6.13. The molecule has 1 aromatic rings. The van der Waals surface area contributed by atoms with Crippen LogP contribution in [0.2, 0.25) is 0 Å². The average molecular weight is 275 g/mol. The number of carboxylic acid groups (broad SMARTS) is 1. The third-order valence-electron chi connectivity index (χ3n) is 4.64. The van der Waals surface area contributed by atoms with E-state index in [4.69, 9.17) is 9.84 Å². The molecule has 2 aliphatic rings. The summed E-state index contributed by atoms with van der Waals surface area (Å²) in [5.74, 6) is 0.223. The molecule has 0 radical (unpaired) electrons. The van der Waals surface area contributed by atoms with E-state index in [9.17, 15) is 4.79 Å². The number of carbonyl (C=O) groups is 1. The van der Waals surface area contributed by atoms with E-state index in [1.807, 2.05) is 4.90 Å². The topological polar surface area (TPSA) is 49.8 Å². The van der Waals surface area contributed by atoms with Crippen molar-refractivity contribution in [1.82, 2.24) is 4.90 Å². The Labute approximate surface area is 119 Å². The van der Waals surface area contributed by atoms with Gasteiger partial charge in [-0.25, -0.2) is 0 Å². The maximum absolute atomic E-state index is 11.1. The standard InChI is InChI=1S/C16H21NO3/c1-11-3-4-14-13(9-11)5-6-16(20-14)7-8-17(10-16)12(2)15(18)19/h3-4,9,12H,5-8,10H2,1-2H3,(H,18,19). The van der Waals surface area contributed by atoms with Crippen molar-refractivity contribution < 1.29 is 14.6 Å². The Morgan fingerprint density at radius 3 is 3.00 bits per heavy atom. The average Bonchev–Trinajstić information content (AvgIpc) is 2.82. The zero-order valence-electron chi connectivity index (χ0n) is 12.1. The van der Waals surface area contributed by atoms with Crippen molar-refractivity contribution in [3.05, 3.63) is 29.3 Å². The number of rotatable bonds is 2. The highest BCUT2D eigenvalue weighted by molar-refractivity contribution is 5.73. The Morgan fingerprint density at radius 2 is 2.25 bits per heavy atom. The highest BCUT2D eigenvalue weighted by atomic mass is 16.5. The number of nitrogens with zero attached hydrogens (tertiary/aromatic N) is 1. The molecule has 4 nitrogen and oxygen atoms in total. The summed E-state index contributed by atoms with van der Waals surface area (Å²) in [4.78, 5) is 13.1. The first-order valence-corrected chi connectivity index (χ1v) is 7.24. The van der Waals surface area contributed by atoms with Crippen molar-refractivity contribution in [2.45, 2.75) is 44.8 Å². The smallest absolute Gasteiger partial charge is 0.320 e. The molecule has 1 aromatic carbocycles. The van der Waals surface area contributed by atoms with Gasteiger partial charge in [-0.05, 0) is 38.3 Å². The van der Waals surface area contributed by atoms with Crippen LogP contribution in [0.5, 0.6) is 5.75 Å². The molecule has 0 bridgehead atoms. The fourth-order valence-corrected chi connectivity index (χ4v) is 3.30. The fraction of sp³-hybridized carbons (Fsp3) is 0.562. The van der Waals surface area contributed by atoms with Gasteiger partial charge in [0.2, 0.25) is 0 Å². The minimum atomic E-state index is -0.756. The van der Waals surface area contributed by atoms with Crippen LogP contribution in [-0.2, 0) is 11.2 Å². The largest absolute Gasteiger partial charge is 0.486 e. The first-order valence-electron chi connectivity index (χ1n) is 7.24. The van der Waals surface area contributed by atoms with Crippen LogP contribution in [0.4, 0.5) is 0 Å². The summed E-state index contributed by atoms with van der Waals surface area (Å²) < 4.78 is 6.26. The Morgan fingerprint density at radius 1 is 1.45 bits per heavy atom. The molecule has 2 atom stereocenters.